The summed E-state index contributed by atoms with van der Waals surface area (Å²) in [6, 6.07) is 12.1. The lowest BCUT2D eigenvalue weighted by molar-refractivity contribution is -0.118. The molecular weight excluding hydrogens is 398 g/mol. The van der Waals surface area contributed by atoms with Crippen LogP contribution in [0, 0.1) is 0 Å². The van der Waals surface area contributed by atoms with E-state index in [4.69, 9.17) is 4.74 Å². The minimum Gasteiger partial charge on any atom is -0.482 e. The van der Waals surface area contributed by atoms with Crippen molar-refractivity contribution in [3.63, 3.8) is 0 Å². The number of sulfonamides is 1. The number of hydrogen-bond acceptors (Lipinski definition) is 6. The van der Waals surface area contributed by atoms with Gasteiger partial charge in [-0.05, 0) is 42.3 Å². The van der Waals surface area contributed by atoms with Crippen LogP contribution in [0.5, 0.6) is 5.75 Å². The first-order chi connectivity index (χ1) is 13.4. The van der Waals surface area contributed by atoms with Crippen LogP contribution in [0.25, 0.3) is 11.3 Å². The summed E-state index contributed by atoms with van der Waals surface area (Å²) < 4.78 is 33.0. The van der Waals surface area contributed by atoms with Gasteiger partial charge in [-0.3, -0.25) is 9.52 Å². The highest BCUT2D eigenvalue weighted by molar-refractivity contribution is 7.93. The molecule has 7 nitrogen and oxygen atoms in total. The molecule has 0 radical (unpaired) electrons. The normalized spacial score (nSPS) is 13.4. The lowest BCUT2D eigenvalue weighted by Gasteiger charge is -2.18. The molecule has 1 amide bonds. The van der Waals surface area contributed by atoms with Gasteiger partial charge in [0.25, 0.3) is 15.9 Å². The number of hydrogen-bond donors (Lipinski definition) is 2. The number of carbonyl (C=O) groups excluding carboxylic acids is 1. The predicted molar refractivity (Wildman–Crippen MR) is 108 cm³/mol. The third-order valence-electron chi connectivity index (χ3n) is 4.28. The van der Waals surface area contributed by atoms with Gasteiger partial charge in [-0.1, -0.05) is 19.1 Å². The molecule has 0 aliphatic carbocycles. The Morgan fingerprint density at radius 3 is 2.75 bits per heavy atom. The van der Waals surface area contributed by atoms with Crippen LogP contribution in [0.3, 0.4) is 0 Å². The van der Waals surface area contributed by atoms with E-state index in [1.54, 1.807) is 41.8 Å². The maximum absolute atomic E-state index is 12.6. The molecule has 0 fully saturated rings. The van der Waals surface area contributed by atoms with Crippen molar-refractivity contribution in [2.75, 3.05) is 16.6 Å². The highest BCUT2D eigenvalue weighted by atomic mass is 32.2. The van der Waals surface area contributed by atoms with Crippen molar-refractivity contribution in [1.82, 2.24) is 4.98 Å². The van der Waals surface area contributed by atoms with Crippen LogP contribution < -0.4 is 14.8 Å². The van der Waals surface area contributed by atoms with Gasteiger partial charge in [-0.25, -0.2) is 13.4 Å². The van der Waals surface area contributed by atoms with E-state index in [1.165, 1.54) is 11.3 Å². The van der Waals surface area contributed by atoms with Gasteiger partial charge in [-0.2, -0.15) is 0 Å². The molecule has 0 atom stereocenters. The number of thiazole rings is 1. The summed E-state index contributed by atoms with van der Waals surface area (Å²) in [6.07, 6.45) is 0.843. The molecule has 1 aliphatic rings. The Labute approximate surface area is 166 Å². The summed E-state index contributed by atoms with van der Waals surface area (Å²) >= 11 is 1.19. The summed E-state index contributed by atoms with van der Waals surface area (Å²) in [7, 11) is -3.71. The molecule has 4 rings (SSSR count). The fraction of sp³-hybridized carbons (Fsp3) is 0.158. The van der Waals surface area contributed by atoms with Crippen LogP contribution in [0.1, 0.15) is 12.5 Å². The average Bonchev–Trinajstić information content (AvgIpc) is 3.15. The van der Waals surface area contributed by atoms with Gasteiger partial charge in [0.1, 0.15) is 5.75 Å². The lowest BCUT2D eigenvalue weighted by Crippen LogP contribution is -2.25. The van der Waals surface area contributed by atoms with Crippen LogP contribution >= 0.6 is 11.3 Å². The van der Waals surface area contributed by atoms with Gasteiger partial charge in [0.15, 0.2) is 11.7 Å². The minimum absolute atomic E-state index is 0.00574. The fourth-order valence-corrected chi connectivity index (χ4v) is 4.75. The van der Waals surface area contributed by atoms with Crippen LogP contribution in [-0.2, 0) is 21.2 Å². The Morgan fingerprint density at radius 2 is 2.00 bits per heavy atom. The Kier molecular flexibility index (Phi) is 4.78. The first kappa shape index (κ1) is 18.5. The zero-order chi connectivity index (χ0) is 19.7. The van der Waals surface area contributed by atoms with E-state index in [1.807, 2.05) is 13.0 Å². The van der Waals surface area contributed by atoms with Gasteiger partial charge < -0.3 is 10.1 Å². The number of anilines is 2. The van der Waals surface area contributed by atoms with Crippen molar-refractivity contribution in [1.29, 1.82) is 0 Å². The van der Waals surface area contributed by atoms with Crippen LogP contribution in [0.4, 0.5) is 10.8 Å². The van der Waals surface area contributed by atoms with Crippen molar-refractivity contribution < 1.29 is 17.9 Å². The summed E-state index contributed by atoms with van der Waals surface area (Å²) in [6.45, 7) is 2.01. The number of aromatic nitrogens is 1. The zero-order valence-electron chi connectivity index (χ0n) is 14.9. The quantitative estimate of drug-likeness (QED) is 0.665. The first-order valence-corrected chi connectivity index (χ1v) is 11.0. The molecule has 0 bridgehead atoms. The molecule has 0 saturated carbocycles. The predicted octanol–water partition coefficient (Wildman–Crippen LogP) is 3.50. The topological polar surface area (TPSA) is 97.4 Å². The fourth-order valence-electron chi connectivity index (χ4n) is 2.77. The molecule has 2 aromatic carbocycles. The van der Waals surface area contributed by atoms with Crippen molar-refractivity contribution in [3.05, 3.63) is 53.4 Å². The van der Waals surface area contributed by atoms with Crippen molar-refractivity contribution >= 4 is 38.1 Å². The van der Waals surface area contributed by atoms with E-state index < -0.39 is 10.0 Å². The number of ether oxygens (including phenoxy) is 1. The van der Waals surface area contributed by atoms with Gasteiger partial charge >= 0.3 is 0 Å². The van der Waals surface area contributed by atoms with Gasteiger partial charge in [-0.15, -0.1) is 11.3 Å². The molecule has 0 unspecified atom stereocenters. The van der Waals surface area contributed by atoms with E-state index in [0.717, 1.165) is 17.5 Å². The smallest absolute Gasteiger partial charge is 0.263 e. The molecule has 1 aliphatic heterocycles. The monoisotopic (exact) mass is 415 g/mol. The number of rotatable bonds is 5. The molecule has 3 aromatic rings. The molecular formula is C19H17N3O4S2. The van der Waals surface area contributed by atoms with Gasteiger partial charge in [0.05, 0.1) is 16.3 Å². The number of amides is 1. The first-order valence-electron chi connectivity index (χ1n) is 8.59. The Hall–Kier alpha value is -2.91. The number of nitrogens with one attached hydrogen (secondary N) is 2. The summed E-state index contributed by atoms with van der Waals surface area (Å²) in [5.41, 5.74) is 2.99. The number of aryl methyl sites for hydroxylation is 1. The Morgan fingerprint density at radius 1 is 1.21 bits per heavy atom. The summed E-state index contributed by atoms with van der Waals surface area (Å²) in [4.78, 5) is 16.0. The molecule has 1 aromatic heterocycles. The van der Waals surface area contributed by atoms with E-state index >= 15 is 0 Å². The second-order valence-corrected chi connectivity index (χ2v) is 8.73. The zero-order valence-corrected chi connectivity index (χ0v) is 16.6. The highest BCUT2D eigenvalue weighted by Gasteiger charge is 2.19. The Bertz CT molecular complexity index is 1140. The van der Waals surface area contributed by atoms with E-state index in [0.29, 0.717) is 17.1 Å². The third-order valence-corrected chi connectivity index (χ3v) is 6.52. The minimum atomic E-state index is -3.71. The number of benzene rings is 2. The average molecular weight is 415 g/mol. The standard InChI is InChI=1S/C19H17N3O4S2/c1-2-12-3-6-14(7-4-12)28(24,25)22-19-21-16(11-27-19)13-5-8-17-15(9-13)20-18(23)10-26-17/h3-9,11H,2,10H2,1H3,(H,20,23)(H,21,22). The number of nitrogens with zero attached hydrogens (tertiary/aromatic N) is 1. The van der Waals surface area contributed by atoms with Crippen molar-refractivity contribution in [2.24, 2.45) is 0 Å². The van der Waals surface area contributed by atoms with E-state index in [9.17, 15) is 13.2 Å². The molecule has 2 N–H and O–H groups in total. The van der Waals surface area contributed by atoms with Gasteiger partial charge in [0, 0.05) is 10.9 Å². The molecule has 144 valence electrons. The molecule has 0 spiro atoms. The molecule has 2 heterocycles. The molecule has 28 heavy (non-hydrogen) atoms. The summed E-state index contributed by atoms with van der Waals surface area (Å²) in [5.74, 6) is 0.375. The van der Waals surface area contributed by atoms with E-state index in [-0.39, 0.29) is 22.5 Å². The SMILES string of the molecule is CCc1ccc(S(=O)(=O)Nc2nc(-c3ccc4c(c3)NC(=O)CO4)cs2)cc1. The van der Waals surface area contributed by atoms with Crippen LogP contribution in [-0.4, -0.2) is 25.9 Å². The maximum Gasteiger partial charge on any atom is 0.263 e. The highest BCUT2D eigenvalue weighted by Crippen LogP contribution is 2.34. The van der Waals surface area contributed by atoms with Crippen molar-refractivity contribution in [2.45, 2.75) is 18.2 Å². The number of fused-ring (bicyclic) bond motifs is 1. The molecule has 0 saturated heterocycles. The number of carbonyl (C=O) groups is 1. The van der Waals surface area contributed by atoms with Crippen LogP contribution in [0.2, 0.25) is 0 Å². The second-order valence-electron chi connectivity index (χ2n) is 6.19. The lowest BCUT2D eigenvalue weighted by atomic mass is 10.1. The second kappa shape index (κ2) is 7.25. The molecule has 9 heteroatoms. The Balaban J connectivity index is 1.56. The third kappa shape index (κ3) is 3.71. The largest absolute Gasteiger partial charge is 0.482 e. The van der Waals surface area contributed by atoms with Gasteiger partial charge in [0.2, 0.25) is 0 Å². The van der Waals surface area contributed by atoms with E-state index in [2.05, 4.69) is 15.0 Å². The summed E-state index contributed by atoms with van der Waals surface area (Å²) in [5, 5.41) is 4.77. The van der Waals surface area contributed by atoms with Crippen LogP contribution in [0.15, 0.2) is 52.7 Å². The van der Waals surface area contributed by atoms with Crippen molar-refractivity contribution in [3.8, 4) is 17.0 Å². The maximum atomic E-state index is 12.6.